The van der Waals surface area contributed by atoms with Crippen LogP contribution in [0.15, 0.2) is 36.5 Å². The third kappa shape index (κ3) is 3.15. The number of hydrogen-bond donors (Lipinski definition) is 1. The van der Waals surface area contributed by atoms with Crippen molar-refractivity contribution in [2.24, 2.45) is 5.73 Å². The Balaban J connectivity index is 2.23. The van der Waals surface area contributed by atoms with Crippen LogP contribution in [-0.2, 0) is 12.8 Å². The number of aryl methyl sites for hydroxylation is 1. The summed E-state index contributed by atoms with van der Waals surface area (Å²) in [6.45, 7) is 2.02. The monoisotopic (exact) mass is 262 g/mol. The first-order valence-corrected chi connectivity index (χ1v) is 6.25. The Morgan fingerprint density at radius 1 is 1.21 bits per heavy atom. The Kier molecular flexibility index (Phi) is 4.22. The lowest BCUT2D eigenvalue weighted by molar-refractivity contribution is 0.560. The minimum absolute atomic E-state index is 0.302. The maximum absolute atomic E-state index is 13.6. The van der Waals surface area contributed by atoms with Crippen molar-refractivity contribution in [2.45, 2.75) is 25.8 Å². The van der Waals surface area contributed by atoms with Crippen LogP contribution in [0.1, 0.15) is 29.8 Å². The number of hydrogen-bond acceptors (Lipinski definition) is 2. The van der Waals surface area contributed by atoms with Gasteiger partial charge in [0.2, 0.25) is 0 Å². The van der Waals surface area contributed by atoms with Crippen molar-refractivity contribution < 1.29 is 8.78 Å². The Morgan fingerprint density at radius 3 is 2.68 bits per heavy atom. The molecule has 1 aromatic carbocycles. The number of pyridine rings is 1. The van der Waals surface area contributed by atoms with Crippen LogP contribution in [0.5, 0.6) is 0 Å². The van der Waals surface area contributed by atoms with Gasteiger partial charge in [-0.25, -0.2) is 8.78 Å². The van der Waals surface area contributed by atoms with Gasteiger partial charge in [-0.2, -0.15) is 0 Å². The standard InChI is InChI=1S/C15H16F2N2/c1-2-10-4-3-7-19-15(10)14(18)8-11-5-6-12(16)9-13(11)17/h3-7,9,14H,2,8,18H2,1H3. The van der Waals surface area contributed by atoms with E-state index in [1.165, 1.54) is 12.1 Å². The molecule has 100 valence electrons. The lowest BCUT2D eigenvalue weighted by Gasteiger charge is -2.15. The van der Waals surface area contributed by atoms with Crippen molar-refractivity contribution in [1.82, 2.24) is 4.98 Å². The van der Waals surface area contributed by atoms with E-state index in [1.54, 1.807) is 6.20 Å². The molecule has 1 heterocycles. The molecule has 0 saturated carbocycles. The second-order valence-electron chi connectivity index (χ2n) is 4.45. The highest BCUT2D eigenvalue weighted by atomic mass is 19.1. The summed E-state index contributed by atoms with van der Waals surface area (Å²) in [5.74, 6) is -1.15. The van der Waals surface area contributed by atoms with Crippen molar-refractivity contribution in [1.29, 1.82) is 0 Å². The summed E-state index contributed by atoms with van der Waals surface area (Å²) in [6, 6.07) is 6.97. The molecule has 1 atom stereocenters. The van der Waals surface area contributed by atoms with Crippen molar-refractivity contribution in [3.8, 4) is 0 Å². The number of nitrogens with two attached hydrogens (primary N) is 1. The van der Waals surface area contributed by atoms with E-state index in [0.717, 1.165) is 23.7 Å². The van der Waals surface area contributed by atoms with Crippen LogP contribution in [0, 0.1) is 11.6 Å². The fourth-order valence-electron chi connectivity index (χ4n) is 2.10. The maximum atomic E-state index is 13.6. The average Bonchev–Trinajstić information content (AvgIpc) is 2.41. The quantitative estimate of drug-likeness (QED) is 0.919. The predicted octanol–water partition coefficient (Wildman–Crippen LogP) is 3.16. The molecule has 1 aromatic heterocycles. The topological polar surface area (TPSA) is 38.9 Å². The normalized spacial score (nSPS) is 12.4. The Morgan fingerprint density at radius 2 is 2.00 bits per heavy atom. The largest absolute Gasteiger partial charge is 0.322 e. The zero-order valence-electron chi connectivity index (χ0n) is 10.7. The number of rotatable bonds is 4. The van der Waals surface area contributed by atoms with Crippen LogP contribution in [0.25, 0.3) is 0 Å². The van der Waals surface area contributed by atoms with Crippen LogP contribution in [-0.4, -0.2) is 4.98 Å². The summed E-state index contributed by atoms with van der Waals surface area (Å²) < 4.78 is 26.4. The first-order chi connectivity index (χ1) is 9.11. The molecule has 2 nitrogen and oxygen atoms in total. The first kappa shape index (κ1) is 13.6. The fraction of sp³-hybridized carbons (Fsp3) is 0.267. The van der Waals surface area contributed by atoms with E-state index in [9.17, 15) is 8.78 Å². The number of nitrogens with zero attached hydrogens (tertiary/aromatic N) is 1. The molecular formula is C15H16F2N2. The minimum Gasteiger partial charge on any atom is -0.322 e. The van der Waals surface area contributed by atoms with Gasteiger partial charge in [0.1, 0.15) is 11.6 Å². The lowest BCUT2D eigenvalue weighted by atomic mass is 9.99. The molecular weight excluding hydrogens is 246 g/mol. The molecule has 2 aromatic rings. The van der Waals surface area contributed by atoms with Crippen molar-refractivity contribution in [3.63, 3.8) is 0 Å². The Hall–Kier alpha value is -1.81. The molecule has 19 heavy (non-hydrogen) atoms. The predicted molar refractivity (Wildman–Crippen MR) is 70.6 cm³/mol. The van der Waals surface area contributed by atoms with E-state index in [-0.39, 0.29) is 0 Å². The molecule has 0 radical (unpaired) electrons. The molecule has 2 N–H and O–H groups in total. The van der Waals surface area contributed by atoms with E-state index in [0.29, 0.717) is 12.0 Å². The summed E-state index contributed by atoms with van der Waals surface area (Å²) in [6.07, 6.45) is 2.80. The molecule has 0 aliphatic rings. The van der Waals surface area contributed by atoms with E-state index in [1.807, 2.05) is 19.1 Å². The summed E-state index contributed by atoms with van der Waals surface area (Å²) in [7, 11) is 0. The summed E-state index contributed by atoms with van der Waals surface area (Å²) in [5, 5.41) is 0. The van der Waals surface area contributed by atoms with Crippen LogP contribution in [0.3, 0.4) is 0 Å². The third-order valence-electron chi connectivity index (χ3n) is 3.11. The van der Waals surface area contributed by atoms with Gasteiger partial charge in [-0.15, -0.1) is 0 Å². The van der Waals surface area contributed by atoms with Crippen molar-refractivity contribution in [3.05, 3.63) is 65.0 Å². The maximum Gasteiger partial charge on any atom is 0.129 e. The summed E-state index contributed by atoms with van der Waals surface area (Å²) >= 11 is 0. The van der Waals surface area contributed by atoms with E-state index in [2.05, 4.69) is 4.98 Å². The zero-order valence-corrected chi connectivity index (χ0v) is 10.7. The first-order valence-electron chi connectivity index (χ1n) is 6.25. The van der Waals surface area contributed by atoms with Gasteiger partial charge < -0.3 is 5.73 Å². The zero-order chi connectivity index (χ0) is 13.8. The average molecular weight is 262 g/mol. The molecule has 2 rings (SSSR count). The van der Waals surface area contributed by atoms with E-state index in [4.69, 9.17) is 5.73 Å². The SMILES string of the molecule is CCc1cccnc1C(N)Cc1ccc(F)cc1F. The highest BCUT2D eigenvalue weighted by Gasteiger charge is 2.14. The number of benzene rings is 1. The highest BCUT2D eigenvalue weighted by Crippen LogP contribution is 2.20. The molecule has 1 unspecified atom stereocenters. The van der Waals surface area contributed by atoms with Gasteiger partial charge in [-0.1, -0.05) is 19.1 Å². The van der Waals surface area contributed by atoms with Crippen LogP contribution in [0.4, 0.5) is 8.78 Å². The van der Waals surface area contributed by atoms with Crippen LogP contribution in [0.2, 0.25) is 0 Å². The van der Waals surface area contributed by atoms with E-state index >= 15 is 0 Å². The third-order valence-corrected chi connectivity index (χ3v) is 3.11. The molecule has 0 bridgehead atoms. The molecule has 0 amide bonds. The molecule has 0 fully saturated rings. The van der Waals surface area contributed by atoms with Gasteiger partial charge >= 0.3 is 0 Å². The number of aromatic nitrogens is 1. The van der Waals surface area contributed by atoms with Crippen LogP contribution < -0.4 is 5.73 Å². The summed E-state index contributed by atoms with van der Waals surface area (Å²) in [4.78, 5) is 4.27. The summed E-state index contributed by atoms with van der Waals surface area (Å²) in [5.41, 5.74) is 8.32. The second-order valence-corrected chi connectivity index (χ2v) is 4.45. The molecule has 0 aliphatic carbocycles. The smallest absolute Gasteiger partial charge is 0.129 e. The van der Waals surface area contributed by atoms with Gasteiger partial charge in [-0.05, 0) is 36.1 Å². The molecule has 0 spiro atoms. The van der Waals surface area contributed by atoms with Gasteiger partial charge in [-0.3, -0.25) is 4.98 Å². The highest BCUT2D eigenvalue weighted by molar-refractivity contribution is 5.26. The van der Waals surface area contributed by atoms with Crippen molar-refractivity contribution >= 4 is 0 Å². The van der Waals surface area contributed by atoms with Gasteiger partial charge in [0.05, 0.1) is 11.7 Å². The number of halogens is 2. The van der Waals surface area contributed by atoms with E-state index < -0.39 is 17.7 Å². The molecule has 4 heteroatoms. The fourth-order valence-corrected chi connectivity index (χ4v) is 2.10. The van der Waals surface area contributed by atoms with Gasteiger partial charge in [0.15, 0.2) is 0 Å². The van der Waals surface area contributed by atoms with Gasteiger partial charge in [0, 0.05) is 12.3 Å². The van der Waals surface area contributed by atoms with Crippen LogP contribution >= 0.6 is 0 Å². The lowest BCUT2D eigenvalue weighted by Crippen LogP contribution is -2.17. The van der Waals surface area contributed by atoms with Gasteiger partial charge in [0.25, 0.3) is 0 Å². The van der Waals surface area contributed by atoms with Crippen molar-refractivity contribution in [2.75, 3.05) is 0 Å². The Bertz CT molecular complexity index is 570. The second kappa shape index (κ2) is 5.89. The minimum atomic E-state index is -0.582. The molecule has 0 saturated heterocycles. The Labute approximate surface area is 111 Å². The molecule has 0 aliphatic heterocycles.